The quantitative estimate of drug-likeness (QED) is 0.773. The van der Waals surface area contributed by atoms with Crippen molar-refractivity contribution < 1.29 is 29.4 Å². The molecule has 0 saturated carbocycles. The molecule has 2 aromatic rings. The van der Waals surface area contributed by atoms with Gasteiger partial charge in [-0.15, -0.1) is 0 Å². The average Bonchev–Trinajstić information content (AvgIpc) is 3.15. The smallest absolute Gasteiger partial charge is 0.335 e. The maximum absolute atomic E-state index is 12.2. The summed E-state index contributed by atoms with van der Waals surface area (Å²) < 4.78 is 1.72. The number of imide groups is 1. The highest BCUT2D eigenvalue weighted by Crippen LogP contribution is 2.32. The van der Waals surface area contributed by atoms with Crippen LogP contribution in [0, 0.1) is 0 Å². The lowest BCUT2D eigenvalue weighted by Crippen LogP contribution is -2.33. The summed E-state index contributed by atoms with van der Waals surface area (Å²) in [6.07, 6.45) is 3.22. The molecule has 2 amide bonds. The van der Waals surface area contributed by atoms with E-state index in [1.165, 1.54) is 18.2 Å². The number of benzene rings is 1. The van der Waals surface area contributed by atoms with Gasteiger partial charge in [-0.2, -0.15) is 0 Å². The van der Waals surface area contributed by atoms with E-state index < -0.39 is 29.6 Å². The molecule has 2 N–H and O–H groups in total. The van der Waals surface area contributed by atoms with Crippen molar-refractivity contribution in [1.82, 2.24) is 9.47 Å². The number of aromatic carboxylic acids is 1. The van der Waals surface area contributed by atoms with Gasteiger partial charge in [0.25, 0.3) is 11.1 Å². The van der Waals surface area contributed by atoms with Gasteiger partial charge in [0.2, 0.25) is 0 Å². The molecule has 8 nitrogen and oxygen atoms in total. The van der Waals surface area contributed by atoms with Crippen LogP contribution in [0.25, 0.3) is 11.8 Å². The largest absolute Gasteiger partial charge is 0.480 e. The Bertz CT molecular complexity index is 944. The molecule has 1 saturated heterocycles. The molecule has 0 aliphatic carbocycles. The van der Waals surface area contributed by atoms with Gasteiger partial charge in [-0.1, -0.05) is 0 Å². The fourth-order valence-electron chi connectivity index (χ4n) is 2.42. The number of thioether (sulfide) groups is 1. The third-order valence-corrected chi connectivity index (χ3v) is 4.53. The summed E-state index contributed by atoms with van der Waals surface area (Å²) in [5.41, 5.74) is 1.42. The lowest BCUT2D eigenvalue weighted by molar-refractivity contribution is -0.140. The van der Waals surface area contributed by atoms with E-state index in [4.69, 9.17) is 10.2 Å². The topological polar surface area (TPSA) is 117 Å². The molecule has 0 spiro atoms. The number of nitrogens with zero attached hydrogens (tertiary/aromatic N) is 2. The minimum absolute atomic E-state index is 0.123. The second-order valence-electron chi connectivity index (χ2n) is 5.32. The number of hydrogen-bond donors (Lipinski definition) is 2. The van der Waals surface area contributed by atoms with E-state index in [2.05, 4.69) is 0 Å². The molecule has 0 unspecified atom stereocenters. The molecule has 1 aliphatic heterocycles. The Morgan fingerprint density at radius 3 is 2.38 bits per heavy atom. The van der Waals surface area contributed by atoms with Gasteiger partial charge in [0.05, 0.1) is 10.5 Å². The van der Waals surface area contributed by atoms with Crippen LogP contribution in [0.15, 0.2) is 47.5 Å². The first-order chi connectivity index (χ1) is 12.4. The maximum atomic E-state index is 12.2. The van der Waals surface area contributed by atoms with Gasteiger partial charge in [-0.05, 0) is 54.2 Å². The van der Waals surface area contributed by atoms with Crippen molar-refractivity contribution in [3.8, 4) is 5.69 Å². The monoisotopic (exact) mass is 372 g/mol. The van der Waals surface area contributed by atoms with Crippen LogP contribution in [0.1, 0.15) is 16.1 Å². The summed E-state index contributed by atoms with van der Waals surface area (Å²) in [5.74, 6) is -2.96. The molecule has 3 rings (SSSR count). The van der Waals surface area contributed by atoms with E-state index in [0.29, 0.717) is 28.0 Å². The van der Waals surface area contributed by atoms with Crippen molar-refractivity contribution in [2.75, 3.05) is 6.54 Å². The summed E-state index contributed by atoms with van der Waals surface area (Å²) in [6, 6.07) is 9.62. The fourth-order valence-corrected chi connectivity index (χ4v) is 3.24. The van der Waals surface area contributed by atoms with Gasteiger partial charge in [-0.25, -0.2) is 4.79 Å². The number of hydrogen-bond acceptors (Lipinski definition) is 5. The molecule has 132 valence electrons. The van der Waals surface area contributed by atoms with E-state index in [1.807, 2.05) is 0 Å². The Hall–Kier alpha value is -3.33. The molecule has 0 atom stereocenters. The highest BCUT2D eigenvalue weighted by molar-refractivity contribution is 8.18. The van der Waals surface area contributed by atoms with E-state index >= 15 is 0 Å². The zero-order valence-corrected chi connectivity index (χ0v) is 14.0. The molecule has 0 bridgehead atoms. The highest BCUT2D eigenvalue weighted by atomic mass is 32.2. The number of carboxylic acid groups (broad SMARTS) is 2. The number of amides is 2. The molecule has 1 fully saturated rings. The Morgan fingerprint density at radius 2 is 1.77 bits per heavy atom. The van der Waals surface area contributed by atoms with Gasteiger partial charge in [0, 0.05) is 17.6 Å². The van der Waals surface area contributed by atoms with Crippen LogP contribution in [0.3, 0.4) is 0 Å². The number of aliphatic carboxylic acids is 1. The number of carbonyl (C=O) groups excluding carboxylic acids is 2. The van der Waals surface area contributed by atoms with Crippen molar-refractivity contribution in [3.05, 3.63) is 58.8 Å². The van der Waals surface area contributed by atoms with Gasteiger partial charge in [-0.3, -0.25) is 19.3 Å². The first-order valence-electron chi connectivity index (χ1n) is 7.35. The van der Waals surface area contributed by atoms with Crippen LogP contribution in [0.4, 0.5) is 4.79 Å². The molecular weight excluding hydrogens is 360 g/mol. The number of rotatable bonds is 5. The first-order valence-corrected chi connectivity index (χ1v) is 8.16. The Labute approximate surface area is 151 Å². The predicted molar refractivity (Wildman–Crippen MR) is 93.0 cm³/mol. The van der Waals surface area contributed by atoms with Gasteiger partial charge in [0.15, 0.2) is 0 Å². The zero-order valence-electron chi connectivity index (χ0n) is 13.2. The SMILES string of the molecule is O=C(O)CN1C(=O)SC(=Cc2cccn2-c2ccc(C(=O)O)cc2)C1=O. The van der Waals surface area contributed by atoms with E-state index in [9.17, 15) is 19.2 Å². The minimum atomic E-state index is -1.27. The number of aromatic nitrogens is 1. The van der Waals surface area contributed by atoms with E-state index in [-0.39, 0.29) is 10.5 Å². The molecule has 1 aliphatic rings. The Balaban J connectivity index is 1.90. The Kier molecular flexibility index (Phi) is 4.63. The summed E-state index contributed by atoms with van der Waals surface area (Å²) in [6.45, 7) is -0.681. The summed E-state index contributed by atoms with van der Waals surface area (Å²) >= 11 is 0.676. The molecular formula is C17H12N2O6S. The molecule has 26 heavy (non-hydrogen) atoms. The summed E-state index contributed by atoms with van der Waals surface area (Å²) in [4.78, 5) is 46.5. The van der Waals surface area contributed by atoms with Crippen molar-refractivity contribution in [1.29, 1.82) is 0 Å². The third kappa shape index (κ3) is 3.38. The highest BCUT2D eigenvalue weighted by Gasteiger charge is 2.36. The van der Waals surface area contributed by atoms with E-state index in [1.54, 1.807) is 35.0 Å². The second-order valence-corrected chi connectivity index (χ2v) is 6.31. The van der Waals surface area contributed by atoms with Crippen LogP contribution >= 0.6 is 11.8 Å². The van der Waals surface area contributed by atoms with Crippen molar-refractivity contribution in [2.24, 2.45) is 0 Å². The zero-order chi connectivity index (χ0) is 18.8. The van der Waals surface area contributed by atoms with Crippen LogP contribution in [0.2, 0.25) is 0 Å². The molecule has 1 aromatic carbocycles. The third-order valence-electron chi connectivity index (χ3n) is 3.62. The second kappa shape index (κ2) is 6.89. The predicted octanol–water partition coefficient (Wildman–Crippen LogP) is 2.30. The van der Waals surface area contributed by atoms with Crippen LogP contribution in [0.5, 0.6) is 0 Å². The van der Waals surface area contributed by atoms with Gasteiger partial charge < -0.3 is 14.8 Å². The van der Waals surface area contributed by atoms with Crippen molar-refractivity contribution in [3.63, 3.8) is 0 Å². The summed E-state index contributed by atoms with van der Waals surface area (Å²) in [7, 11) is 0. The lowest BCUT2D eigenvalue weighted by Gasteiger charge is -2.08. The van der Waals surface area contributed by atoms with Crippen LogP contribution in [-0.2, 0) is 9.59 Å². The minimum Gasteiger partial charge on any atom is -0.480 e. The van der Waals surface area contributed by atoms with E-state index in [0.717, 1.165) is 0 Å². The standard InChI is InChI=1S/C17H12N2O6S/c20-14(21)9-19-15(22)13(26-17(19)25)8-12-2-1-7-18(12)11-5-3-10(4-6-11)16(23)24/h1-8H,9H2,(H,20,21)(H,23,24). The van der Waals surface area contributed by atoms with Crippen molar-refractivity contribution >= 4 is 40.9 Å². The fraction of sp³-hybridized carbons (Fsp3) is 0.0588. The number of carbonyl (C=O) groups is 4. The lowest BCUT2D eigenvalue weighted by atomic mass is 10.2. The molecule has 0 radical (unpaired) electrons. The van der Waals surface area contributed by atoms with Crippen LogP contribution in [-0.4, -0.2) is 49.3 Å². The molecule has 1 aromatic heterocycles. The normalized spacial score (nSPS) is 15.7. The molecule has 2 heterocycles. The van der Waals surface area contributed by atoms with Crippen LogP contribution < -0.4 is 0 Å². The van der Waals surface area contributed by atoms with Crippen molar-refractivity contribution in [2.45, 2.75) is 0 Å². The first kappa shape index (κ1) is 17.5. The van der Waals surface area contributed by atoms with Gasteiger partial charge >= 0.3 is 11.9 Å². The van der Waals surface area contributed by atoms with Gasteiger partial charge in [0.1, 0.15) is 6.54 Å². The summed E-state index contributed by atoms with van der Waals surface area (Å²) in [5, 5.41) is 17.1. The Morgan fingerprint density at radius 1 is 1.08 bits per heavy atom. The number of carboxylic acids is 2. The average molecular weight is 372 g/mol. The molecule has 9 heteroatoms. The maximum Gasteiger partial charge on any atom is 0.335 e.